The lowest BCUT2D eigenvalue weighted by Gasteiger charge is -2.44. The number of ether oxygens (including phenoxy) is 3. The van der Waals surface area contributed by atoms with Gasteiger partial charge in [0.05, 0.1) is 16.6 Å². The zero-order valence-corrected chi connectivity index (χ0v) is 28.6. The molecule has 14 heteroatoms. The van der Waals surface area contributed by atoms with Crippen molar-refractivity contribution in [2.24, 2.45) is 0 Å². The van der Waals surface area contributed by atoms with Crippen molar-refractivity contribution in [2.45, 2.75) is 72.1 Å². The number of hydrogen-bond donors (Lipinski definition) is 0. The van der Waals surface area contributed by atoms with Crippen LogP contribution in [0.3, 0.4) is 0 Å². The zero-order chi connectivity index (χ0) is 34.7. The fourth-order valence-corrected chi connectivity index (χ4v) is 6.29. The number of rotatable bonds is 2. The van der Waals surface area contributed by atoms with Crippen LogP contribution in [0.1, 0.15) is 60.1 Å². The molecule has 254 valence electrons. The molecule has 3 aromatic heterocycles. The number of amides is 1. The molecule has 11 nitrogen and oxygen atoms in total. The number of benzene rings is 1. The molecule has 48 heavy (non-hydrogen) atoms. The molecular formula is C34H37ClF2N6O5. The van der Waals surface area contributed by atoms with E-state index in [9.17, 15) is 9.59 Å². The highest BCUT2D eigenvalue weighted by atomic mass is 35.5. The Kier molecular flexibility index (Phi) is 8.69. The van der Waals surface area contributed by atoms with Gasteiger partial charge in [0.15, 0.2) is 17.2 Å². The lowest BCUT2D eigenvalue weighted by Crippen LogP contribution is -2.59. The Labute approximate surface area is 281 Å². The highest BCUT2D eigenvalue weighted by Crippen LogP contribution is 2.41. The van der Waals surface area contributed by atoms with Gasteiger partial charge in [-0.05, 0) is 58.7 Å². The number of nitrogens with zero attached hydrogens (tertiary/aromatic N) is 6. The molecular weight excluding hydrogens is 646 g/mol. The summed E-state index contributed by atoms with van der Waals surface area (Å²) in [5, 5.41) is 0.308. The van der Waals surface area contributed by atoms with Crippen molar-refractivity contribution in [1.82, 2.24) is 24.4 Å². The van der Waals surface area contributed by atoms with Crippen molar-refractivity contribution < 1.29 is 27.8 Å². The van der Waals surface area contributed by atoms with Gasteiger partial charge in [-0.3, -0.25) is 4.98 Å². The van der Waals surface area contributed by atoms with E-state index in [4.69, 9.17) is 25.8 Å². The Bertz CT molecular complexity index is 1980. The van der Waals surface area contributed by atoms with Crippen molar-refractivity contribution in [2.75, 3.05) is 31.2 Å². The van der Waals surface area contributed by atoms with Gasteiger partial charge in [-0.1, -0.05) is 31.5 Å². The molecule has 0 radical (unpaired) electrons. The van der Waals surface area contributed by atoms with Crippen LogP contribution in [-0.4, -0.2) is 74.5 Å². The molecule has 0 saturated carbocycles. The molecule has 6 rings (SSSR count). The van der Waals surface area contributed by atoms with E-state index in [0.717, 1.165) is 0 Å². The second kappa shape index (κ2) is 12.5. The third-order valence-electron chi connectivity index (χ3n) is 8.25. The summed E-state index contributed by atoms with van der Waals surface area (Å²) >= 11 is 6.63. The van der Waals surface area contributed by atoms with Crippen molar-refractivity contribution in [3.05, 3.63) is 63.3 Å². The van der Waals surface area contributed by atoms with Crippen LogP contribution in [0.25, 0.3) is 28.0 Å². The van der Waals surface area contributed by atoms with Crippen LogP contribution in [0.5, 0.6) is 11.5 Å². The predicted molar refractivity (Wildman–Crippen MR) is 178 cm³/mol. The topological polar surface area (TPSA) is 112 Å². The molecule has 4 aromatic rings. The van der Waals surface area contributed by atoms with Gasteiger partial charge in [0.25, 0.3) is 0 Å². The van der Waals surface area contributed by atoms with Crippen LogP contribution in [0.4, 0.5) is 19.4 Å². The second-order valence-electron chi connectivity index (χ2n) is 13.4. The smallest absolute Gasteiger partial charge is 0.410 e. The number of pyridine rings is 2. The van der Waals surface area contributed by atoms with Crippen LogP contribution < -0.4 is 20.1 Å². The SMILES string of the molecule is CC(C)c1ncc(Cl)c2c1-n1c(=O)nc(N3C[C@@H](C)N(C(=O)OC(C)(C)C)C[C@@H]3C)c3cc(F)c(nc31)-c1c(F)cccc1OCCO2. The number of piperazine rings is 1. The van der Waals surface area contributed by atoms with E-state index in [1.165, 1.54) is 35.0 Å². The lowest BCUT2D eigenvalue weighted by atomic mass is 10.1. The first-order chi connectivity index (χ1) is 22.7. The van der Waals surface area contributed by atoms with Crippen LogP contribution in [0, 0.1) is 11.6 Å². The first-order valence-electron chi connectivity index (χ1n) is 15.8. The fraction of sp³-hybridized carbons (Fsp3) is 0.441. The van der Waals surface area contributed by atoms with E-state index in [-0.39, 0.29) is 94.6 Å². The van der Waals surface area contributed by atoms with E-state index < -0.39 is 29.0 Å². The summed E-state index contributed by atoms with van der Waals surface area (Å²) in [4.78, 5) is 44.5. The Morgan fingerprint density at radius 1 is 1.06 bits per heavy atom. The van der Waals surface area contributed by atoms with Crippen LogP contribution in [0.2, 0.25) is 5.02 Å². The minimum Gasteiger partial charge on any atom is -0.489 e. The summed E-state index contributed by atoms with van der Waals surface area (Å²) < 4.78 is 50.6. The number of carbonyl (C=O) groups is 1. The van der Waals surface area contributed by atoms with Gasteiger partial charge in [-0.15, -0.1) is 0 Å². The molecule has 0 unspecified atom stereocenters. The molecule has 2 atom stereocenters. The van der Waals surface area contributed by atoms with E-state index in [2.05, 4.69) is 15.0 Å². The van der Waals surface area contributed by atoms with Gasteiger partial charge in [0.1, 0.15) is 52.6 Å². The second-order valence-corrected chi connectivity index (χ2v) is 13.8. The number of hydrogen-bond acceptors (Lipinski definition) is 9. The maximum atomic E-state index is 16.3. The van der Waals surface area contributed by atoms with Gasteiger partial charge in [-0.25, -0.2) is 27.9 Å². The van der Waals surface area contributed by atoms with Gasteiger partial charge in [0.2, 0.25) is 0 Å². The van der Waals surface area contributed by atoms with E-state index in [1.807, 2.05) is 32.6 Å². The maximum Gasteiger partial charge on any atom is 0.410 e. The standard InChI is InChI=1S/C34H37ClF2N6O5/c1-17(2)26-28-29(21(35)14-38-26)47-12-11-46-24-10-8-9-22(36)25(24)27-23(37)13-20-30(40-32(44)43(28)31(20)39-27)41-15-19(4)42(16-18(41)3)33(45)48-34(5,6)7/h8-10,13-14,17-19H,11-12,15-16H2,1-7H3/t18-,19+/m0/s1. The number of anilines is 1. The van der Waals surface area contributed by atoms with E-state index in [1.54, 1.807) is 25.7 Å². The summed E-state index contributed by atoms with van der Waals surface area (Å²) in [6.07, 6.45) is 0.979. The molecule has 0 aliphatic carbocycles. The highest BCUT2D eigenvalue weighted by molar-refractivity contribution is 6.32. The Balaban J connectivity index is 1.63. The minimum atomic E-state index is -0.847. The summed E-state index contributed by atoms with van der Waals surface area (Å²) in [7, 11) is 0. The van der Waals surface area contributed by atoms with Crippen molar-refractivity contribution in [3.63, 3.8) is 0 Å². The summed E-state index contributed by atoms with van der Waals surface area (Å²) in [6, 6.07) is 4.62. The largest absolute Gasteiger partial charge is 0.489 e. The summed E-state index contributed by atoms with van der Waals surface area (Å²) in [6.45, 7) is 13.3. The summed E-state index contributed by atoms with van der Waals surface area (Å²) in [5.41, 5.74) is -1.34. The van der Waals surface area contributed by atoms with Crippen LogP contribution in [0.15, 0.2) is 35.3 Å². The molecule has 2 aliphatic rings. The zero-order valence-electron chi connectivity index (χ0n) is 27.8. The summed E-state index contributed by atoms with van der Waals surface area (Å²) in [5.74, 6) is -1.46. The number of aromatic nitrogens is 4. The third kappa shape index (κ3) is 5.99. The van der Waals surface area contributed by atoms with E-state index >= 15 is 8.78 Å². The normalized spacial score (nSPS) is 18.1. The average molecular weight is 683 g/mol. The first-order valence-corrected chi connectivity index (χ1v) is 16.2. The average Bonchev–Trinajstić information content (AvgIpc) is 2.99. The quantitative estimate of drug-likeness (QED) is 0.234. The predicted octanol–water partition coefficient (Wildman–Crippen LogP) is 6.50. The lowest BCUT2D eigenvalue weighted by molar-refractivity contribution is 0.0130. The molecule has 5 heterocycles. The van der Waals surface area contributed by atoms with Gasteiger partial charge in [0, 0.05) is 31.4 Å². The van der Waals surface area contributed by atoms with Crippen molar-refractivity contribution in [1.29, 1.82) is 0 Å². The number of carbonyl (C=O) groups excluding carboxylic acids is 1. The van der Waals surface area contributed by atoms with Crippen LogP contribution in [-0.2, 0) is 4.74 Å². The molecule has 1 saturated heterocycles. The number of fused-ring (bicyclic) bond motifs is 5. The Hall–Kier alpha value is -4.52. The van der Waals surface area contributed by atoms with Gasteiger partial charge in [-0.2, -0.15) is 4.98 Å². The third-order valence-corrected chi connectivity index (χ3v) is 8.52. The molecule has 1 fully saturated rings. The Morgan fingerprint density at radius 3 is 2.50 bits per heavy atom. The molecule has 1 amide bonds. The number of halogens is 3. The minimum absolute atomic E-state index is 0.0126. The van der Waals surface area contributed by atoms with E-state index in [0.29, 0.717) is 5.69 Å². The van der Waals surface area contributed by atoms with Crippen molar-refractivity contribution >= 4 is 34.5 Å². The molecule has 0 N–H and O–H groups in total. The van der Waals surface area contributed by atoms with Crippen molar-refractivity contribution in [3.8, 4) is 28.4 Å². The molecule has 0 spiro atoms. The molecule has 2 aliphatic heterocycles. The van der Waals surface area contributed by atoms with Gasteiger partial charge >= 0.3 is 11.8 Å². The monoisotopic (exact) mass is 682 g/mol. The molecule has 2 bridgehead atoms. The first kappa shape index (κ1) is 33.4. The molecule has 1 aromatic carbocycles. The van der Waals surface area contributed by atoms with Crippen LogP contribution >= 0.6 is 11.6 Å². The van der Waals surface area contributed by atoms with Gasteiger partial charge < -0.3 is 24.0 Å². The fourth-order valence-electron chi connectivity index (χ4n) is 6.10. The Morgan fingerprint density at radius 2 is 1.79 bits per heavy atom. The highest BCUT2D eigenvalue weighted by Gasteiger charge is 2.37. The maximum absolute atomic E-state index is 16.3.